The molecule has 0 fully saturated rings. The topological polar surface area (TPSA) is 126 Å². The molecule has 0 aromatic carbocycles. The molecule has 0 aliphatic rings. The van der Waals surface area contributed by atoms with Gasteiger partial charge in [-0.1, -0.05) is 25.2 Å². The Hall–Kier alpha value is -2.51. The Morgan fingerprint density at radius 2 is 2.16 bits per heavy atom. The predicted molar refractivity (Wildman–Crippen MR) is 92.5 cm³/mol. The molecule has 2 heterocycles. The number of nitrogens with one attached hydrogen (secondary N) is 1. The van der Waals surface area contributed by atoms with Gasteiger partial charge in [0, 0.05) is 6.08 Å². The van der Waals surface area contributed by atoms with E-state index in [0.717, 1.165) is 11.3 Å². The number of sulfone groups is 1. The highest BCUT2D eigenvalue weighted by atomic mass is 32.2. The Morgan fingerprint density at radius 1 is 1.44 bits per heavy atom. The van der Waals surface area contributed by atoms with Crippen molar-refractivity contribution in [3.8, 4) is 6.07 Å². The van der Waals surface area contributed by atoms with Gasteiger partial charge < -0.3 is 4.42 Å². The van der Waals surface area contributed by atoms with Crippen molar-refractivity contribution in [2.45, 2.75) is 25.1 Å². The fraction of sp³-hybridized carbons (Fsp3) is 0.333. The summed E-state index contributed by atoms with van der Waals surface area (Å²) in [5.41, 5.74) is -0.198. The molecule has 25 heavy (non-hydrogen) atoms. The van der Waals surface area contributed by atoms with Crippen LogP contribution in [-0.2, 0) is 14.6 Å². The van der Waals surface area contributed by atoms with Crippen LogP contribution < -0.4 is 5.32 Å². The number of anilines is 1. The molecule has 0 unspecified atom stereocenters. The minimum absolute atomic E-state index is 0.00380. The van der Waals surface area contributed by atoms with Crippen LogP contribution >= 0.6 is 11.3 Å². The van der Waals surface area contributed by atoms with Crippen molar-refractivity contribution >= 4 is 38.3 Å². The van der Waals surface area contributed by atoms with E-state index in [1.807, 2.05) is 0 Å². The summed E-state index contributed by atoms with van der Waals surface area (Å²) in [5, 5.41) is 18.8. The maximum absolute atomic E-state index is 12.1. The van der Waals surface area contributed by atoms with Crippen LogP contribution in [0.15, 0.2) is 26.5 Å². The van der Waals surface area contributed by atoms with E-state index < -0.39 is 15.7 Å². The van der Waals surface area contributed by atoms with Crippen LogP contribution in [0.5, 0.6) is 0 Å². The van der Waals surface area contributed by atoms with E-state index >= 15 is 0 Å². The van der Waals surface area contributed by atoms with Gasteiger partial charge in [0.15, 0.2) is 0 Å². The second kappa shape index (κ2) is 7.58. The number of carbonyl (C=O) groups is 1. The molecule has 0 saturated heterocycles. The van der Waals surface area contributed by atoms with E-state index in [1.54, 1.807) is 39.0 Å². The predicted octanol–water partition coefficient (Wildman–Crippen LogP) is 2.41. The first-order valence-electron chi connectivity index (χ1n) is 7.27. The Kier molecular flexibility index (Phi) is 5.71. The first kappa shape index (κ1) is 18.8. The number of hydrogen-bond donors (Lipinski definition) is 1. The number of nitrogens with zero attached hydrogens (tertiary/aromatic N) is 3. The summed E-state index contributed by atoms with van der Waals surface area (Å²) >= 11 is 0.746. The normalized spacial score (nSPS) is 12.2. The molecule has 0 aliphatic carbocycles. The molecular weight excluding hydrogens is 364 g/mol. The van der Waals surface area contributed by atoms with Crippen molar-refractivity contribution in [1.29, 1.82) is 5.26 Å². The average Bonchev–Trinajstić information content (AvgIpc) is 3.13. The summed E-state index contributed by atoms with van der Waals surface area (Å²) in [6.45, 7) is 5.30. The van der Waals surface area contributed by atoms with Crippen molar-refractivity contribution < 1.29 is 17.6 Å². The smallest absolute Gasteiger partial charge is 0.268 e. The van der Waals surface area contributed by atoms with E-state index in [4.69, 9.17) is 9.68 Å². The summed E-state index contributed by atoms with van der Waals surface area (Å²) in [6.07, 6.45) is 1.29. The van der Waals surface area contributed by atoms with Crippen LogP contribution in [0.25, 0.3) is 6.08 Å². The van der Waals surface area contributed by atoms with Gasteiger partial charge in [-0.25, -0.2) is 8.42 Å². The lowest BCUT2D eigenvalue weighted by molar-refractivity contribution is -0.112. The molecule has 0 radical (unpaired) electrons. The maximum atomic E-state index is 12.1. The molecule has 1 N–H and O–H groups in total. The number of hydrogen-bond acceptors (Lipinski definition) is 8. The van der Waals surface area contributed by atoms with Crippen LogP contribution in [0.3, 0.4) is 0 Å². The summed E-state index contributed by atoms with van der Waals surface area (Å²) in [7, 11) is -3.55. The van der Waals surface area contributed by atoms with E-state index in [2.05, 4.69) is 15.5 Å². The van der Waals surface area contributed by atoms with Crippen molar-refractivity contribution in [3.63, 3.8) is 0 Å². The summed E-state index contributed by atoms with van der Waals surface area (Å²) in [4.78, 5) is 12.1. The zero-order chi connectivity index (χ0) is 18.6. The first-order chi connectivity index (χ1) is 11.7. The maximum Gasteiger partial charge on any atom is 0.268 e. The Bertz CT molecular complexity index is 948. The first-order valence-corrected chi connectivity index (χ1v) is 9.74. The van der Waals surface area contributed by atoms with Crippen LogP contribution in [0.2, 0.25) is 0 Å². The largest absolute Gasteiger partial charge is 0.462 e. The Balaban J connectivity index is 2.15. The Labute approximate surface area is 149 Å². The van der Waals surface area contributed by atoms with Crippen molar-refractivity contribution in [2.24, 2.45) is 5.92 Å². The number of rotatable bonds is 6. The monoisotopic (exact) mass is 380 g/mol. The van der Waals surface area contributed by atoms with Crippen LogP contribution in [0.4, 0.5) is 5.13 Å². The van der Waals surface area contributed by atoms with Gasteiger partial charge in [0.2, 0.25) is 19.3 Å². The van der Waals surface area contributed by atoms with Gasteiger partial charge in [0.05, 0.1) is 5.75 Å². The molecule has 132 valence electrons. The van der Waals surface area contributed by atoms with Crippen molar-refractivity contribution in [1.82, 2.24) is 10.2 Å². The second-order valence-corrected chi connectivity index (χ2v) is 8.81. The van der Waals surface area contributed by atoms with Crippen LogP contribution in [0.1, 0.15) is 25.4 Å². The summed E-state index contributed by atoms with van der Waals surface area (Å²) in [5.74, 6) is 0.170. The molecule has 0 atom stereocenters. The second-order valence-electron chi connectivity index (χ2n) is 5.62. The van der Waals surface area contributed by atoms with E-state index in [0.29, 0.717) is 11.5 Å². The SMILES string of the molecule is Cc1ccc(/C=C(/C#N)C(=O)Nc2nnc(S(=O)(=O)CC(C)C)s2)o1. The number of nitriles is 1. The van der Waals surface area contributed by atoms with Gasteiger partial charge in [0.25, 0.3) is 5.91 Å². The minimum Gasteiger partial charge on any atom is -0.462 e. The Morgan fingerprint density at radius 3 is 2.72 bits per heavy atom. The number of carbonyl (C=O) groups excluding carboxylic acids is 1. The zero-order valence-corrected chi connectivity index (χ0v) is 15.4. The van der Waals surface area contributed by atoms with E-state index in [1.165, 1.54) is 6.08 Å². The van der Waals surface area contributed by atoms with Crippen LogP contribution in [-0.4, -0.2) is 30.3 Å². The molecule has 10 heteroatoms. The summed E-state index contributed by atoms with van der Waals surface area (Å²) in [6, 6.07) is 5.10. The van der Waals surface area contributed by atoms with Gasteiger partial charge in [0.1, 0.15) is 23.2 Å². The quantitative estimate of drug-likeness (QED) is 0.463. The van der Waals surface area contributed by atoms with Crippen molar-refractivity contribution in [2.75, 3.05) is 11.1 Å². The number of aromatic nitrogens is 2. The lowest BCUT2D eigenvalue weighted by Crippen LogP contribution is -2.13. The molecule has 2 aromatic rings. The fourth-order valence-electron chi connectivity index (χ4n) is 1.88. The molecule has 2 rings (SSSR count). The highest BCUT2D eigenvalue weighted by molar-refractivity contribution is 7.93. The molecule has 2 aromatic heterocycles. The minimum atomic E-state index is -3.55. The third-order valence-electron chi connectivity index (χ3n) is 2.86. The van der Waals surface area contributed by atoms with Gasteiger partial charge in [-0.2, -0.15) is 5.26 Å². The molecule has 0 bridgehead atoms. The highest BCUT2D eigenvalue weighted by Gasteiger charge is 2.22. The van der Waals surface area contributed by atoms with Crippen LogP contribution in [0, 0.1) is 24.2 Å². The number of furan rings is 1. The zero-order valence-electron chi connectivity index (χ0n) is 13.8. The number of amides is 1. The van der Waals surface area contributed by atoms with E-state index in [9.17, 15) is 13.2 Å². The van der Waals surface area contributed by atoms with E-state index in [-0.39, 0.29) is 26.7 Å². The number of aryl methyl sites for hydroxylation is 1. The molecule has 0 aliphatic heterocycles. The average molecular weight is 380 g/mol. The van der Waals surface area contributed by atoms with Gasteiger partial charge in [-0.05, 0) is 25.0 Å². The molecule has 8 nitrogen and oxygen atoms in total. The molecular formula is C15H16N4O4S2. The van der Waals surface area contributed by atoms with Crippen molar-refractivity contribution in [3.05, 3.63) is 29.2 Å². The molecule has 0 saturated carbocycles. The molecule has 1 amide bonds. The lowest BCUT2D eigenvalue weighted by Gasteiger charge is -2.02. The van der Waals surface area contributed by atoms with Gasteiger partial charge in [-0.15, -0.1) is 10.2 Å². The highest BCUT2D eigenvalue weighted by Crippen LogP contribution is 2.23. The van der Waals surface area contributed by atoms with Gasteiger partial charge in [-0.3, -0.25) is 10.1 Å². The third-order valence-corrected chi connectivity index (χ3v) is 6.22. The summed E-state index contributed by atoms with van der Waals surface area (Å²) < 4.78 is 29.3. The fourth-order valence-corrected chi connectivity index (χ4v) is 4.49. The lowest BCUT2D eigenvalue weighted by atomic mass is 10.2. The molecule has 0 spiro atoms. The third kappa shape index (κ3) is 4.98. The van der Waals surface area contributed by atoms with Gasteiger partial charge >= 0.3 is 0 Å². The standard InChI is InChI=1S/C15H16N4O4S2/c1-9(2)8-25(21,22)15-19-18-14(24-15)17-13(20)11(7-16)6-12-5-4-10(3)23-12/h4-6,9H,8H2,1-3H3,(H,17,18,20)/b11-6-.